The molecule has 0 radical (unpaired) electrons. The van der Waals surface area contributed by atoms with Crippen molar-refractivity contribution in [3.05, 3.63) is 0 Å². The van der Waals surface area contributed by atoms with Crippen molar-refractivity contribution in [2.45, 2.75) is 84.5 Å². The van der Waals surface area contributed by atoms with E-state index in [0.717, 1.165) is 18.8 Å². The Bertz CT molecular complexity index is 373. The molecule has 1 aliphatic rings. The number of carbonyl (C=O) groups is 2. The van der Waals surface area contributed by atoms with E-state index in [-0.39, 0.29) is 31.0 Å². The van der Waals surface area contributed by atoms with Crippen LogP contribution in [0.2, 0.25) is 0 Å². The lowest BCUT2D eigenvalue weighted by Gasteiger charge is -2.24. The molecule has 1 saturated carbocycles. The quantitative estimate of drug-likeness (QED) is 0.347. The molecule has 6 heteroatoms. The molecule has 1 aliphatic carbocycles. The summed E-state index contributed by atoms with van der Waals surface area (Å²) in [7, 11) is 0. The molecule has 1 fully saturated rings. The van der Waals surface area contributed by atoms with Crippen LogP contribution >= 0.6 is 0 Å². The zero-order valence-corrected chi connectivity index (χ0v) is 17.2. The van der Waals surface area contributed by atoms with Crippen molar-refractivity contribution in [1.82, 2.24) is 0 Å². The van der Waals surface area contributed by atoms with E-state index in [2.05, 4.69) is 13.8 Å². The fourth-order valence-corrected chi connectivity index (χ4v) is 3.23. The van der Waals surface area contributed by atoms with Gasteiger partial charge in [-0.2, -0.15) is 0 Å². The maximum atomic E-state index is 11.9. The van der Waals surface area contributed by atoms with Gasteiger partial charge in [0.15, 0.2) is 0 Å². The van der Waals surface area contributed by atoms with Gasteiger partial charge in [0.2, 0.25) is 0 Å². The molecule has 160 valence electrons. The molecule has 0 spiro atoms. The number of hydrogen-bond acceptors (Lipinski definition) is 5. The van der Waals surface area contributed by atoms with Crippen LogP contribution in [0.1, 0.15) is 84.5 Å². The standard InChI is InChI=1S/C19H34O4.C2H6O2/c1-15(2)9-7-5-3-4-6-8-14-23-19(22)17-12-10-16(11-13-17)18(20)21;3-1-2-4/h15-17H,3-14H2,1-2H3,(H,20,21);3-4H,1-2H2. The molecule has 1 rings (SSSR count). The second-order valence-electron chi connectivity index (χ2n) is 7.81. The van der Waals surface area contributed by atoms with Crippen molar-refractivity contribution < 1.29 is 29.6 Å². The van der Waals surface area contributed by atoms with Crippen LogP contribution < -0.4 is 0 Å². The molecule has 3 N–H and O–H groups in total. The summed E-state index contributed by atoms with van der Waals surface area (Å²) in [5, 5.41) is 24.2. The minimum Gasteiger partial charge on any atom is -0.481 e. The van der Waals surface area contributed by atoms with E-state index in [1.165, 1.54) is 32.1 Å². The Kier molecular flexibility index (Phi) is 16.3. The van der Waals surface area contributed by atoms with E-state index < -0.39 is 5.97 Å². The van der Waals surface area contributed by atoms with E-state index in [1.807, 2.05) is 0 Å². The second-order valence-corrected chi connectivity index (χ2v) is 7.81. The third-order valence-corrected chi connectivity index (χ3v) is 4.93. The number of aliphatic hydroxyl groups is 2. The van der Waals surface area contributed by atoms with Crippen molar-refractivity contribution in [3.8, 4) is 0 Å². The van der Waals surface area contributed by atoms with Crippen LogP contribution in [-0.2, 0) is 14.3 Å². The number of ether oxygens (including phenoxy) is 1. The first-order valence-electron chi connectivity index (χ1n) is 10.5. The Balaban J connectivity index is 0.00000153. The SMILES string of the molecule is CC(C)CCCCCCCCOC(=O)C1CCC(C(=O)O)CC1.OCCO. The van der Waals surface area contributed by atoms with Gasteiger partial charge in [-0.25, -0.2) is 0 Å². The maximum absolute atomic E-state index is 11.9. The van der Waals surface area contributed by atoms with Gasteiger partial charge >= 0.3 is 11.9 Å². The van der Waals surface area contributed by atoms with Crippen molar-refractivity contribution in [1.29, 1.82) is 0 Å². The Hall–Kier alpha value is -1.14. The smallest absolute Gasteiger partial charge is 0.308 e. The summed E-state index contributed by atoms with van der Waals surface area (Å²) in [6.07, 6.45) is 11.0. The van der Waals surface area contributed by atoms with E-state index in [0.29, 0.717) is 32.3 Å². The molecular formula is C21H40O6. The number of carboxylic acids is 1. The number of carbonyl (C=O) groups excluding carboxylic acids is 1. The number of carboxylic acid groups (broad SMARTS) is 1. The predicted octanol–water partition coefficient (Wildman–Crippen LogP) is 3.78. The van der Waals surface area contributed by atoms with Gasteiger partial charge in [-0.05, 0) is 38.0 Å². The molecule has 0 aromatic carbocycles. The number of aliphatic carboxylic acids is 1. The van der Waals surface area contributed by atoms with Gasteiger partial charge in [0.05, 0.1) is 31.7 Å². The third-order valence-electron chi connectivity index (χ3n) is 4.93. The number of rotatable bonds is 12. The molecule has 0 aliphatic heterocycles. The molecule has 0 aromatic rings. The summed E-state index contributed by atoms with van der Waals surface area (Å²) in [5.41, 5.74) is 0. The van der Waals surface area contributed by atoms with Crippen LogP contribution in [0.15, 0.2) is 0 Å². The lowest BCUT2D eigenvalue weighted by atomic mass is 9.82. The van der Waals surface area contributed by atoms with Gasteiger partial charge < -0.3 is 20.1 Å². The molecular weight excluding hydrogens is 348 g/mol. The zero-order valence-electron chi connectivity index (χ0n) is 17.2. The van der Waals surface area contributed by atoms with Gasteiger partial charge in [0, 0.05) is 0 Å². The fourth-order valence-electron chi connectivity index (χ4n) is 3.23. The highest BCUT2D eigenvalue weighted by atomic mass is 16.5. The summed E-state index contributed by atoms with van der Waals surface area (Å²) in [6.45, 7) is 4.80. The fraction of sp³-hybridized carbons (Fsp3) is 0.905. The summed E-state index contributed by atoms with van der Waals surface area (Å²) >= 11 is 0. The minimum atomic E-state index is -0.731. The number of hydrogen-bond donors (Lipinski definition) is 3. The first-order valence-corrected chi connectivity index (χ1v) is 10.5. The molecule has 0 aromatic heterocycles. The Labute approximate surface area is 164 Å². The first-order chi connectivity index (χ1) is 12.9. The number of aliphatic hydroxyl groups excluding tert-OH is 2. The lowest BCUT2D eigenvalue weighted by Crippen LogP contribution is -2.27. The van der Waals surface area contributed by atoms with E-state index in [1.54, 1.807) is 0 Å². The van der Waals surface area contributed by atoms with Gasteiger partial charge in [0.1, 0.15) is 0 Å². The molecule has 27 heavy (non-hydrogen) atoms. The first kappa shape index (κ1) is 25.9. The van der Waals surface area contributed by atoms with Crippen molar-refractivity contribution in [2.24, 2.45) is 17.8 Å². The van der Waals surface area contributed by atoms with E-state index in [9.17, 15) is 9.59 Å². The molecule has 0 unspecified atom stereocenters. The van der Waals surface area contributed by atoms with Crippen LogP contribution in [0.4, 0.5) is 0 Å². The second kappa shape index (κ2) is 17.0. The maximum Gasteiger partial charge on any atom is 0.308 e. The van der Waals surface area contributed by atoms with Gasteiger partial charge in [-0.1, -0.05) is 52.4 Å². The Morgan fingerprint density at radius 3 is 1.81 bits per heavy atom. The topological polar surface area (TPSA) is 104 Å². The van der Waals surface area contributed by atoms with Crippen LogP contribution in [0.3, 0.4) is 0 Å². The van der Waals surface area contributed by atoms with Gasteiger partial charge in [0.25, 0.3) is 0 Å². The summed E-state index contributed by atoms with van der Waals surface area (Å²) in [5.74, 6) is -0.396. The highest BCUT2D eigenvalue weighted by Gasteiger charge is 2.30. The minimum absolute atomic E-state index is 0.0818. The number of esters is 1. The third kappa shape index (κ3) is 14.6. The van der Waals surface area contributed by atoms with E-state index in [4.69, 9.17) is 20.1 Å². The average Bonchev–Trinajstić information content (AvgIpc) is 2.66. The zero-order chi connectivity index (χ0) is 20.5. The molecule has 0 saturated heterocycles. The largest absolute Gasteiger partial charge is 0.481 e. The predicted molar refractivity (Wildman–Crippen MR) is 105 cm³/mol. The van der Waals surface area contributed by atoms with Crippen molar-refractivity contribution >= 4 is 11.9 Å². The highest BCUT2D eigenvalue weighted by Crippen LogP contribution is 2.29. The van der Waals surface area contributed by atoms with Crippen LogP contribution in [0.5, 0.6) is 0 Å². The Morgan fingerprint density at radius 2 is 1.33 bits per heavy atom. The van der Waals surface area contributed by atoms with Crippen molar-refractivity contribution in [2.75, 3.05) is 19.8 Å². The number of unbranched alkanes of at least 4 members (excludes halogenated alkanes) is 5. The van der Waals surface area contributed by atoms with E-state index >= 15 is 0 Å². The monoisotopic (exact) mass is 388 g/mol. The van der Waals surface area contributed by atoms with Crippen molar-refractivity contribution in [3.63, 3.8) is 0 Å². The highest BCUT2D eigenvalue weighted by molar-refractivity contribution is 5.74. The molecule has 0 bridgehead atoms. The van der Waals surface area contributed by atoms with Gasteiger partial charge in [-0.3, -0.25) is 9.59 Å². The molecule has 0 atom stereocenters. The van der Waals surface area contributed by atoms with Crippen LogP contribution in [0.25, 0.3) is 0 Å². The molecule has 0 heterocycles. The summed E-state index contributed by atoms with van der Waals surface area (Å²) < 4.78 is 5.35. The molecule has 6 nitrogen and oxygen atoms in total. The lowest BCUT2D eigenvalue weighted by molar-refractivity contribution is -0.152. The van der Waals surface area contributed by atoms with Crippen LogP contribution in [0, 0.1) is 17.8 Å². The summed E-state index contributed by atoms with van der Waals surface area (Å²) in [6, 6.07) is 0. The summed E-state index contributed by atoms with van der Waals surface area (Å²) in [4.78, 5) is 22.8. The van der Waals surface area contributed by atoms with Crippen LogP contribution in [-0.4, -0.2) is 47.1 Å². The normalized spacial score (nSPS) is 19.3. The average molecular weight is 389 g/mol. The Morgan fingerprint density at radius 1 is 0.852 bits per heavy atom. The van der Waals surface area contributed by atoms with Gasteiger partial charge in [-0.15, -0.1) is 0 Å². The molecule has 0 amide bonds.